The maximum absolute atomic E-state index is 12.6. The van der Waals surface area contributed by atoms with Gasteiger partial charge in [-0.25, -0.2) is 4.98 Å². The Labute approximate surface area is 126 Å². The van der Waals surface area contributed by atoms with Gasteiger partial charge in [-0.1, -0.05) is 0 Å². The summed E-state index contributed by atoms with van der Waals surface area (Å²) in [4.78, 5) is 20.9. The Morgan fingerprint density at radius 3 is 3.05 bits per heavy atom. The molecule has 0 amide bonds. The maximum atomic E-state index is 12.6. The Morgan fingerprint density at radius 2 is 2.23 bits per heavy atom. The third kappa shape index (κ3) is 2.48. The lowest BCUT2D eigenvalue weighted by Crippen LogP contribution is -2.26. The van der Waals surface area contributed by atoms with Gasteiger partial charge >= 0.3 is 0 Å². The van der Waals surface area contributed by atoms with Crippen LogP contribution in [0.5, 0.6) is 0 Å². The number of aromatic nitrogens is 6. The Hall–Kier alpha value is -2.61. The largest absolute Gasteiger partial charge is 0.383 e. The molecule has 0 aliphatic rings. The Kier molecular flexibility index (Phi) is 3.92. The van der Waals surface area contributed by atoms with Gasteiger partial charge in [0.05, 0.1) is 29.9 Å². The summed E-state index contributed by atoms with van der Waals surface area (Å²) in [6.45, 7) is 3.06. The van der Waals surface area contributed by atoms with Gasteiger partial charge in [0.15, 0.2) is 5.82 Å². The number of nitrogens with zero attached hydrogens (tertiary/aromatic N) is 6. The van der Waals surface area contributed by atoms with Crippen molar-refractivity contribution in [2.24, 2.45) is 0 Å². The van der Waals surface area contributed by atoms with E-state index in [1.807, 2.05) is 11.5 Å². The van der Waals surface area contributed by atoms with E-state index in [-0.39, 0.29) is 11.6 Å². The molecule has 0 aromatic carbocycles. The molecular weight excluding hydrogens is 284 g/mol. The summed E-state index contributed by atoms with van der Waals surface area (Å²) in [6, 6.07) is 1.43. The van der Waals surface area contributed by atoms with Crippen LogP contribution in [0.2, 0.25) is 0 Å². The van der Waals surface area contributed by atoms with Crippen LogP contribution >= 0.6 is 0 Å². The number of ether oxygens (including phenoxy) is 1. The van der Waals surface area contributed by atoms with Crippen molar-refractivity contribution >= 4 is 10.9 Å². The molecule has 8 heteroatoms. The van der Waals surface area contributed by atoms with Crippen LogP contribution in [0.3, 0.4) is 0 Å². The van der Waals surface area contributed by atoms with Crippen LogP contribution in [0.25, 0.3) is 10.9 Å². The molecule has 0 aliphatic heterocycles. The van der Waals surface area contributed by atoms with E-state index in [1.54, 1.807) is 25.7 Å². The van der Waals surface area contributed by atoms with E-state index in [2.05, 4.69) is 20.2 Å². The van der Waals surface area contributed by atoms with Crippen LogP contribution in [0.15, 0.2) is 35.9 Å². The topological polar surface area (TPSA) is 87.7 Å². The lowest BCUT2D eigenvalue weighted by Gasteiger charge is -2.15. The minimum atomic E-state index is -0.288. The molecule has 3 aromatic heterocycles. The molecule has 0 bridgehead atoms. The number of pyridine rings is 1. The Balaban J connectivity index is 2.02. The summed E-state index contributed by atoms with van der Waals surface area (Å²) in [5.74, 6) is 0.684. The van der Waals surface area contributed by atoms with Crippen molar-refractivity contribution < 1.29 is 4.74 Å². The zero-order valence-corrected chi connectivity index (χ0v) is 12.4. The van der Waals surface area contributed by atoms with Crippen LogP contribution in [0, 0.1) is 0 Å². The van der Waals surface area contributed by atoms with E-state index in [4.69, 9.17) is 4.74 Å². The molecule has 1 unspecified atom stereocenters. The fourth-order valence-corrected chi connectivity index (χ4v) is 2.33. The van der Waals surface area contributed by atoms with Gasteiger partial charge in [0.1, 0.15) is 6.33 Å². The highest BCUT2D eigenvalue weighted by Gasteiger charge is 2.17. The molecule has 3 aromatic rings. The third-order valence-corrected chi connectivity index (χ3v) is 3.56. The molecule has 0 saturated heterocycles. The lowest BCUT2D eigenvalue weighted by molar-refractivity contribution is 0.185. The van der Waals surface area contributed by atoms with Crippen molar-refractivity contribution in [1.82, 2.24) is 29.3 Å². The molecule has 0 aliphatic carbocycles. The van der Waals surface area contributed by atoms with Crippen molar-refractivity contribution in [2.45, 2.75) is 19.5 Å². The zero-order valence-electron chi connectivity index (χ0n) is 12.4. The van der Waals surface area contributed by atoms with Gasteiger partial charge in [0.2, 0.25) is 0 Å². The smallest absolute Gasteiger partial charge is 0.263 e. The van der Waals surface area contributed by atoms with Crippen molar-refractivity contribution in [3.8, 4) is 0 Å². The molecule has 0 radical (unpaired) electrons. The minimum Gasteiger partial charge on any atom is -0.383 e. The fourth-order valence-electron chi connectivity index (χ4n) is 2.33. The average molecular weight is 300 g/mol. The van der Waals surface area contributed by atoms with E-state index in [0.29, 0.717) is 29.9 Å². The Bertz CT molecular complexity index is 840. The molecule has 0 fully saturated rings. The van der Waals surface area contributed by atoms with Gasteiger partial charge in [0.25, 0.3) is 5.56 Å². The fraction of sp³-hybridized carbons (Fsp3) is 0.357. The number of rotatable bonds is 5. The van der Waals surface area contributed by atoms with E-state index in [0.717, 1.165) is 0 Å². The van der Waals surface area contributed by atoms with Gasteiger partial charge in [-0.3, -0.25) is 14.3 Å². The summed E-state index contributed by atoms with van der Waals surface area (Å²) in [5.41, 5.74) is 0.483. The molecule has 1 atom stereocenters. The molecular formula is C14H16N6O2. The Morgan fingerprint density at radius 1 is 1.36 bits per heavy atom. The van der Waals surface area contributed by atoms with Crippen molar-refractivity contribution in [3.05, 3.63) is 47.3 Å². The lowest BCUT2D eigenvalue weighted by atomic mass is 10.2. The number of methoxy groups -OCH3 is 1. The highest BCUT2D eigenvalue weighted by atomic mass is 16.5. The van der Waals surface area contributed by atoms with Gasteiger partial charge in [0, 0.05) is 26.0 Å². The van der Waals surface area contributed by atoms with Crippen LogP contribution < -0.4 is 5.56 Å². The predicted molar refractivity (Wildman–Crippen MR) is 79.5 cm³/mol. The van der Waals surface area contributed by atoms with E-state index >= 15 is 0 Å². The maximum Gasteiger partial charge on any atom is 0.263 e. The number of hydrogen-bond acceptors (Lipinski definition) is 6. The van der Waals surface area contributed by atoms with Gasteiger partial charge < -0.3 is 9.30 Å². The van der Waals surface area contributed by atoms with E-state index in [9.17, 15) is 4.79 Å². The SMILES string of the molecule is COCCn1cnnc1C(C)n1cnc2ccncc2c1=O. The second kappa shape index (κ2) is 6.02. The van der Waals surface area contributed by atoms with Crippen molar-refractivity contribution in [1.29, 1.82) is 0 Å². The predicted octanol–water partition coefficient (Wildman–Crippen LogP) is 0.639. The number of fused-ring (bicyclic) bond motifs is 1. The summed E-state index contributed by atoms with van der Waals surface area (Å²) in [7, 11) is 1.64. The molecule has 0 N–H and O–H groups in total. The standard InChI is InChI=1S/C14H16N6O2/c1-10(13-18-17-9-19(13)5-6-22-2)20-8-16-12-3-4-15-7-11(12)14(20)21/h3-4,7-10H,5-6H2,1-2H3. The minimum absolute atomic E-state index is 0.146. The van der Waals surface area contributed by atoms with Gasteiger partial charge in [-0.05, 0) is 13.0 Å². The first-order chi connectivity index (χ1) is 10.7. The normalized spacial score (nSPS) is 12.6. The second-order valence-corrected chi connectivity index (χ2v) is 4.90. The molecule has 8 nitrogen and oxygen atoms in total. The third-order valence-electron chi connectivity index (χ3n) is 3.56. The molecule has 114 valence electrons. The molecule has 22 heavy (non-hydrogen) atoms. The van der Waals surface area contributed by atoms with Crippen molar-refractivity contribution in [3.63, 3.8) is 0 Å². The monoisotopic (exact) mass is 300 g/mol. The van der Waals surface area contributed by atoms with Gasteiger partial charge in [-0.2, -0.15) is 0 Å². The summed E-state index contributed by atoms with van der Waals surface area (Å²) >= 11 is 0. The first kappa shape index (κ1) is 14.3. The van der Waals surface area contributed by atoms with Crippen LogP contribution in [-0.4, -0.2) is 43.0 Å². The number of hydrogen-bond donors (Lipinski definition) is 0. The molecule has 3 rings (SSSR count). The van der Waals surface area contributed by atoms with Gasteiger partial charge in [-0.15, -0.1) is 10.2 Å². The first-order valence-corrected chi connectivity index (χ1v) is 6.90. The quantitative estimate of drug-likeness (QED) is 0.687. The highest BCUT2D eigenvalue weighted by molar-refractivity contribution is 5.75. The summed E-state index contributed by atoms with van der Waals surface area (Å²) in [6.07, 6.45) is 6.31. The zero-order chi connectivity index (χ0) is 15.5. The summed E-state index contributed by atoms with van der Waals surface area (Å²) < 4.78 is 8.48. The first-order valence-electron chi connectivity index (χ1n) is 6.90. The second-order valence-electron chi connectivity index (χ2n) is 4.90. The highest BCUT2D eigenvalue weighted by Crippen LogP contribution is 2.14. The molecule has 0 saturated carbocycles. The van der Waals surface area contributed by atoms with E-state index in [1.165, 1.54) is 17.1 Å². The van der Waals surface area contributed by atoms with Crippen LogP contribution in [0.1, 0.15) is 18.8 Å². The van der Waals surface area contributed by atoms with Crippen LogP contribution in [0.4, 0.5) is 0 Å². The van der Waals surface area contributed by atoms with E-state index < -0.39 is 0 Å². The van der Waals surface area contributed by atoms with Crippen LogP contribution in [-0.2, 0) is 11.3 Å². The molecule has 3 heterocycles. The summed E-state index contributed by atoms with van der Waals surface area (Å²) in [5, 5.41) is 8.53. The average Bonchev–Trinajstić information content (AvgIpc) is 3.01. The van der Waals surface area contributed by atoms with Crippen molar-refractivity contribution in [2.75, 3.05) is 13.7 Å². The molecule has 0 spiro atoms.